The third-order valence-electron chi connectivity index (χ3n) is 5.70. The Balaban J connectivity index is 1.44. The maximum Gasteiger partial charge on any atom is 0.225 e. The third kappa shape index (κ3) is 3.71. The molecule has 0 N–H and O–H groups in total. The highest BCUT2D eigenvalue weighted by Crippen LogP contribution is 2.32. The summed E-state index contributed by atoms with van der Waals surface area (Å²) in [6, 6.07) is 1.98. The number of hydrogen-bond acceptors (Lipinski definition) is 2. The van der Waals surface area contributed by atoms with Crippen LogP contribution in [-0.4, -0.2) is 33.7 Å². The summed E-state index contributed by atoms with van der Waals surface area (Å²) in [4.78, 5) is 14.8. The Morgan fingerprint density at radius 1 is 1.09 bits per heavy atom. The second-order valence-corrected chi connectivity index (χ2v) is 7.12. The lowest BCUT2D eigenvalue weighted by molar-refractivity contribution is -0.138. The van der Waals surface area contributed by atoms with E-state index < -0.39 is 0 Å². The van der Waals surface area contributed by atoms with Gasteiger partial charge in [0.15, 0.2) is 0 Å². The van der Waals surface area contributed by atoms with Crippen LogP contribution < -0.4 is 0 Å². The van der Waals surface area contributed by atoms with Gasteiger partial charge in [-0.25, -0.2) is 0 Å². The third-order valence-corrected chi connectivity index (χ3v) is 5.70. The van der Waals surface area contributed by atoms with Gasteiger partial charge >= 0.3 is 0 Å². The van der Waals surface area contributed by atoms with Gasteiger partial charge in [-0.15, -0.1) is 0 Å². The number of piperidine rings is 1. The molecular formula is C18H29N3O. The molecule has 1 saturated carbocycles. The summed E-state index contributed by atoms with van der Waals surface area (Å²) in [5.74, 6) is 2.28. The minimum Gasteiger partial charge on any atom is -0.342 e. The zero-order valence-corrected chi connectivity index (χ0v) is 13.8. The van der Waals surface area contributed by atoms with Gasteiger partial charge in [0.05, 0.1) is 0 Å². The van der Waals surface area contributed by atoms with Crippen molar-refractivity contribution in [3.05, 3.63) is 18.5 Å². The standard InChI is InChI=1S/C18H29N3O/c1-2-15-4-6-17(7-5-15)18(22)20-12-8-16(9-13-20)14-21-11-3-10-19-21/h3,10-11,15-17H,2,4-9,12-14H2,1H3. The predicted molar refractivity (Wildman–Crippen MR) is 87.3 cm³/mol. The van der Waals surface area contributed by atoms with E-state index in [2.05, 4.69) is 16.9 Å². The Morgan fingerprint density at radius 3 is 2.41 bits per heavy atom. The fraction of sp³-hybridized carbons (Fsp3) is 0.778. The molecule has 2 aliphatic rings. The monoisotopic (exact) mass is 303 g/mol. The molecule has 1 aromatic rings. The Kier molecular flexibility index (Phi) is 5.16. The van der Waals surface area contributed by atoms with Crippen LogP contribution in [0.5, 0.6) is 0 Å². The van der Waals surface area contributed by atoms with Crippen molar-refractivity contribution in [1.82, 2.24) is 14.7 Å². The summed E-state index contributed by atoms with van der Waals surface area (Å²) in [6.45, 7) is 5.16. The lowest BCUT2D eigenvalue weighted by Gasteiger charge is -2.36. The van der Waals surface area contributed by atoms with Gasteiger partial charge in [0.2, 0.25) is 5.91 Å². The molecule has 0 unspecified atom stereocenters. The molecule has 1 aliphatic carbocycles. The van der Waals surface area contributed by atoms with Crippen LogP contribution >= 0.6 is 0 Å². The van der Waals surface area contributed by atoms with Gasteiger partial charge in [-0.1, -0.05) is 13.3 Å². The van der Waals surface area contributed by atoms with Gasteiger partial charge < -0.3 is 4.90 Å². The highest BCUT2D eigenvalue weighted by atomic mass is 16.2. The second kappa shape index (κ2) is 7.30. The molecule has 0 atom stereocenters. The fourth-order valence-electron chi connectivity index (χ4n) is 4.08. The first-order chi connectivity index (χ1) is 10.8. The van der Waals surface area contributed by atoms with Crippen molar-refractivity contribution in [3.8, 4) is 0 Å². The van der Waals surface area contributed by atoms with Crippen LogP contribution in [-0.2, 0) is 11.3 Å². The van der Waals surface area contributed by atoms with Crippen molar-refractivity contribution >= 4 is 5.91 Å². The van der Waals surface area contributed by atoms with Crippen LogP contribution in [0, 0.1) is 17.8 Å². The highest BCUT2D eigenvalue weighted by molar-refractivity contribution is 5.79. The van der Waals surface area contributed by atoms with Crippen LogP contribution in [0.4, 0.5) is 0 Å². The van der Waals surface area contributed by atoms with Crippen molar-refractivity contribution < 1.29 is 4.79 Å². The number of nitrogens with zero attached hydrogens (tertiary/aromatic N) is 3. The molecule has 0 bridgehead atoms. The van der Waals surface area contributed by atoms with E-state index in [9.17, 15) is 4.79 Å². The first kappa shape index (κ1) is 15.6. The molecule has 0 radical (unpaired) electrons. The largest absolute Gasteiger partial charge is 0.342 e. The summed E-state index contributed by atoms with van der Waals surface area (Å²) < 4.78 is 2.02. The lowest BCUT2D eigenvalue weighted by Crippen LogP contribution is -2.43. The number of carbonyl (C=O) groups excluding carboxylic acids is 1. The molecule has 3 rings (SSSR count). The van der Waals surface area contributed by atoms with E-state index in [4.69, 9.17) is 0 Å². The van der Waals surface area contributed by atoms with Gasteiger partial charge in [0.25, 0.3) is 0 Å². The highest BCUT2D eigenvalue weighted by Gasteiger charge is 2.31. The Bertz CT molecular complexity index is 455. The number of likely N-dealkylation sites (tertiary alicyclic amines) is 1. The number of aromatic nitrogens is 2. The van der Waals surface area contributed by atoms with Gasteiger partial charge in [-0.3, -0.25) is 9.48 Å². The van der Waals surface area contributed by atoms with Crippen LogP contribution in [0.2, 0.25) is 0 Å². The van der Waals surface area contributed by atoms with E-state index >= 15 is 0 Å². The van der Waals surface area contributed by atoms with Crippen molar-refractivity contribution in [2.24, 2.45) is 17.8 Å². The fourth-order valence-corrected chi connectivity index (χ4v) is 4.08. The number of rotatable bonds is 4. The van der Waals surface area contributed by atoms with Gasteiger partial charge in [-0.2, -0.15) is 5.10 Å². The molecule has 1 amide bonds. The molecule has 22 heavy (non-hydrogen) atoms. The molecule has 0 spiro atoms. The van der Waals surface area contributed by atoms with E-state index in [0.717, 1.165) is 51.2 Å². The summed E-state index contributed by atoms with van der Waals surface area (Å²) in [5, 5.41) is 4.29. The van der Waals surface area contributed by atoms with E-state index in [1.54, 1.807) is 0 Å². The maximum atomic E-state index is 12.7. The summed E-state index contributed by atoms with van der Waals surface area (Å²) in [7, 11) is 0. The molecule has 1 aromatic heterocycles. The summed E-state index contributed by atoms with van der Waals surface area (Å²) in [5.41, 5.74) is 0. The van der Waals surface area contributed by atoms with E-state index in [-0.39, 0.29) is 0 Å². The molecule has 0 aromatic carbocycles. The molecule has 4 heteroatoms. The summed E-state index contributed by atoms with van der Waals surface area (Å²) in [6.07, 6.45) is 12.1. The van der Waals surface area contributed by atoms with Crippen LogP contribution in [0.3, 0.4) is 0 Å². The molecular weight excluding hydrogens is 274 g/mol. The zero-order chi connectivity index (χ0) is 15.4. The Labute approximate surface area is 133 Å². The van der Waals surface area contributed by atoms with Crippen molar-refractivity contribution in [1.29, 1.82) is 0 Å². The Morgan fingerprint density at radius 2 is 1.82 bits per heavy atom. The molecule has 1 aliphatic heterocycles. The molecule has 2 heterocycles. The van der Waals surface area contributed by atoms with Crippen molar-refractivity contribution in [2.75, 3.05) is 13.1 Å². The predicted octanol–water partition coefficient (Wildman–Crippen LogP) is 3.34. The van der Waals surface area contributed by atoms with Crippen LogP contribution in [0.1, 0.15) is 51.9 Å². The van der Waals surface area contributed by atoms with E-state index in [1.807, 2.05) is 23.1 Å². The van der Waals surface area contributed by atoms with Gasteiger partial charge in [-0.05, 0) is 56.4 Å². The van der Waals surface area contributed by atoms with E-state index in [1.165, 1.54) is 19.3 Å². The summed E-state index contributed by atoms with van der Waals surface area (Å²) >= 11 is 0. The Hall–Kier alpha value is -1.32. The number of carbonyl (C=O) groups is 1. The number of amides is 1. The quantitative estimate of drug-likeness (QED) is 0.855. The molecule has 1 saturated heterocycles. The maximum absolute atomic E-state index is 12.7. The molecule has 122 valence electrons. The van der Waals surface area contributed by atoms with Crippen LogP contribution in [0.25, 0.3) is 0 Å². The average molecular weight is 303 g/mol. The minimum absolute atomic E-state index is 0.311. The second-order valence-electron chi connectivity index (χ2n) is 7.12. The first-order valence-electron chi connectivity index (χ1n) is 9.02. The normalized spacial score (nSPS) is 27.0. The average Bonchev–Trinajstić information content (AvgIpc) is 3.08. The van der Waals surface area contributed by atoms with Gasteiger partial charge in [0.1, 0.15) is 0 Å². The smallest absolute Gasteiger partial charge is 0.225 e. The van der Waals surface area contributed by atoms with Crippen molar-refractivity contribution in [3.63, 3.8) is 0 Å². The zero-order valence-electron chi connectivity index (χ0n) is 13.8. The van der Waals surface area contributed by atoms with Crippen LogP contribution in [0.15, 0.2) is 18.5 Å². The van der Waals surface area contributed by atoms with E-state index in [0.29, 0.717) is 17.7 Å². The van der Waals surface area contributed by atoms with Crippen molar-refractivity contribution in [2.45, 2.75) is 58.4 Å². The minimum atomic E-state index is 0.311. The number of hydrogen-bond donors (Lipinski definition) is 0. The van der Waals surface area contributed by atoms with Gasteiger partial charge in [0, 0.05) is 37.9 Å². The topological polar surface area (TPSA) is 38.1 Å². The first-order valence-corrected chi connectivity index (χ1v) is 9.02. The lowest BCUT2D eigenvalue weighted by atomic mass is 9.80. The SMILES string of the molecule is CCC1CCC(C(=O)N2CCC(Cn3cccn3)CC2)CC1. The molecule has 4 nitrogen and oxygen atoms in total. The molecule has 2 fully saturated rings.